The predicted molar refractivity (Wildman–Crippen MR) is 130 cm³/mol. The maximum Gasteiger partial charge on any atom is 0.161 e. The minimum absolute atomic E-state index is 0.658. The molecule has 0 saturated heterocycles. The fourth-order valence-corrected chi connectivity index (χ4v) is 3.80. The molecule has 0 aliphatic rings. The predicted octanol–water partition coefficient (Wildman–Crippen LogP) is 5.82. The molecule has 0 fully saturated rings. The maximum absolute atomic E-state index is 4.72. The van der Waals surface area contributed by atoms with E-state index in [1.165, 1.54) is 0 Å². The van der Waals surface area contributed by atoms with Crippen molar-refractivity contribution in [1.82, 2.24) is 30.1 Å². The van der Waals surface area contributed by atoms with E-state index in [1.54, 1.807) is 18.6 Å². The third kappa shape index (κ3) is 3.83. The molecule has 0 spiro atoms. The summed E-state index contributed by atoms with van der Waals surface area (Å²) in [7, 11) is 0. The normalized spacial score (nSPS) is 11.0. The van der Waals surface area contributed by atoms with Gasteiger partial charge < -0.3 is 10.3 Å². The standard InChI is InChI=1S/C26H19N7/c1-2-11-27-22(3-1)24-13-18-4-5-19(14-23(18)32-24)26-28-12-10-25(33-26)31-21-8-6-17(7-9-21)20-15-29-30-16-20/h1-16,32H,(H,29,30)(H,28,31,33). The van der Waals surface area contributed by atoms with Gasteiger partial charge in [-0.05, 0) is 48.0 Å². The summed E-state index contributed by atoms with van der Waals surface area (Å²) in [6.07, 6.45) is 7.24. The lowest BCUT2D eigenvalue weighted by molar-refractivity contribution is 1.09. The smallest absolute Gasteiger partial charge is 0.161 e. The molecule has 0 aliphatic heterocycles. The van der Waals surface area contributed by atoms with Crippen LogP contribution in [0.3, 0.4) is 0 Å². The second kappa shape index (κ2) is 8.05. The first-order valence-corrected chi connectivity index (χ1v) is 10.6. The Hall–Kier alpha value is -4.78. The largest absolute Gasteiger partial charge is 0.353 e. The van der Waals surface area contributed by atoms with Crippen molar-refractivity contribution < 1.29 is 0 Å². The summed E-state index contributed by atoms with van der Waals surface area (Å²) in [6, 6.07) is 24.2. The summed E-state index contributed by atoms with van der Waals surface area (Å²) in [5.74, 6) is 1.39. The molecular weight excluding hydrogens is 410 g/mol. The van der Waals surface area contributed by atoms with Gasteiger partial charge in [0.2, 0.25) is 0 Å². The average Bonchev–Trinajstić information content (AvgIpc) is 3.55. The van der Waals surface area contributed by atoms with Crippen LogP contribution in [0.2, 0.25) is 0 Å². The Bertz CT molecular complexity index is 1520. The highest BCUT2D eigenvalue weighted by Crippen LogP contribution is 2.27. The number of hydrogen-bond donors (Lipinski definition) is 3. The molecule has 2 aromatic carbocycles. The van der Waals surface area contributed by atoms with Gasteiger partial charge in [0.15, 0.2) is 5.82 Å². The van der Waals surface area contributed by atoms with Gasteiger partial charge in [-0.25, -0.2) is 9.97 Å². The number of nitrogens with one attached hydrogen (secondary N) is 3. The molecule has 0 aliphatic carbocycles. The zero-order valence-electron chi connectivity index (χ0n) is 17.5. The number of rotatable bonds is 5. The van der Waals surface area contributed by atoms with Crippen LogP contribution in [0.1, 0.15) is 0 Å². The van der Waals surface area contributed by atoms with Crippen LogP contribution in [-0.4, -0.2) is 30.1 Å². The number of pyridine rings is 1. The average molecular weight is 429 g/mol. The van der Waals surface area contributed by atoms with Crippen molar-refractivity contribution >= 4 is 22.4 Å². The van der Waals surface area contributed by atoms with Crippen LogP contribution in [0.15, 0.2) is 97.6 Å². The van der Waals surface area contributed by atoms with E-state index in [4.69, 9.17) is 4.98 Å². The lowest BCUT2D eigenvalue weighted by atomic mass is 10.1. The van der Waals surface area contributed by atoms with Gasteiger partial charge in [0.1, 0.15) is 5.82 Å². The van der Waals surface area contributed by atoms with E-state index < -0.39 is 0 Å². The first-order valence-electron chi connectivity index (χ1n) is 10.6. The highest BCUT2D eigenvalue weighted by molar-refractivity contribution is 5.88. The summed E-state index contributed by atoms with van der Waals surface area (Å²) in [6.45, 7) is 0. The fourth-order valence-electron chi connectivity index (χ4n) is 3.80. The first kappa shape index (κ1) is 18.9. The number of anilines is 2. The van der Waals surface area contributed by atoms with Crippen LogP contribution in [-0.2, 0) is 0 Å². The van der Waals surface area contributed by atoms with E-state index in [1.807, 2.05) is 60.8 Å². The van der Waals surface area contributed by atoms with Gasteiger partial charge in [-0.1, -0.05) is 30.3 Å². The quantitative estimate of drug-likeness (QED) is 0.321. The number of aromatic amines is 2. The van der Waals surface area contributed by atoms with Gasteiger partial charge in [-0.3, -0.25) is 10.1 Å². The molecule has 0 saturated carbocycles. The summed E-state index contributed by atoms with van der Waals surface area (Å²) >= 11 is 0. The van der Waals surface area contributed by atoms with E-state index in [2.05, 4.69) is 48.7 Å². The lowest BCUT2D eigenvalue weighted by Gasteiger charge is -2.08. The number of hydrogen-bond acceptors (Lipinski definition) is 5. The van der Waals surface area contributed by atoms with Crippen LogP contribution < -0.4 is 5.32 Å². The third-order valence-electron chi connectivity index (χ3n) is 5.47. The third-order valence-corrected chi connectivity index (χ3v) is 5.47. The summed E-state index contributed by atoms with van der Waals surface area (Å²) in [5, 5.41) is 11.3. The minimum Gasteiger partial charge on any atom is -0.353 e. The Morgan fingerprint density at radius 2 is 1.67 bits per heavy atom. The molecule has 6 aromatic rings. The highest BCUT2D eigenvalue weighted by atomic mass is 15.1. The Morgan fingerprint density at radius 1 is 0.758 bits per heavy atom. The topological polar surface area (TPSA) is 95.2 Å². The van der Waals surface area contributed by atoms with Gasteiger partial charge in [-0.15, -0.1) is 0 Å². The van der Waals surface area contributed by atoms with Crippen molar-refractivity contribution in [2.24, 2.45) is 0 Å². The monoisotopic (exact) mass is 429 g/mol. The van der Waals surface area contributed by atoms with Gasteiger partial charge in [0.25, 0.3) is 0 Å². The fraction of sp³-hybridized carbons (Fsp3) is 0. The van der Waals surface area contributed by atoms with Crippen LogP contribution >= 0.6 is 0 Å². The van der Waals surface area contributed by atoms with E-state index in [0.717, 1.165) is 50.5 Å². The number of benzene rings is 2. The Morgan fingerprint density at radius 3 is 2.48 bits per heavy atom. The maximum atomic E-state index is 4.72. The van der Waals surface area contributed by atoms with Gasteiger partial charge >= 0.3 is 0 Å². The number of nitrogens with zero attached hydrogens (tertiary/aromatic N) is 4. The van der Waals surface area contributed by atoms with Crippen LogP contribution in [0.4, 0.5) is 11.5 Å². The van der Waals surface area contributed by atoms with Crippen LogP contribution in [0.25, 0.3) is 44.8 Å². The van der Waals surface area contributed by atoms with Gasteiger partial charge in [0, 0.05) is 46.3 Å². The second-order valence-corrected chi connectivity index (χ2v) is 7.65. The van der Waals surface area contributed by atoms with Crippen molar-refractivity contribution in [1.29, 1.82) is 0 Å². The number of fused-ring (bicyclic) bond motifs is 1. The Kier molecular flexibility index (Phi) is 4.62. The van der Waals surface area contributed by atoms with Crippen LogP contribution in [0, 0.1) is 0 Å². The zero-order chi connectivity index (χ0) is 22.0. The molecule has 4 aromatic heterocycles. The Balaban J connectivity index is 1.26. The summed E-state index contributed by atoms with van der Waals surface area (Å²) in [5.41, 5.74) is 6.96. The molecule has 7 nitrogen and oxygen atoms in total. The lowest BCUT2D eigenvalue weighted by Crippen LogP contribution is -1.96. The SMILES string of the molecule is c1ccc(-c2cc3ccc(-c4nccc(Nc5ccc(-c6cn[nH]c6)cc5)n4)cc3[nH]2)nc1. The molecule has 3 N–H and O–H groups in total. The molecule has 6 rings (SSSR count). The summed E-state index contributed by atoms with van der Waals surface area (Å²) < 4.78 is 0. The molecule has 0 radical (unpaired) electrons. The van der Waals surface area contributed by atoms with Crippen molar-refractivity contribution in [3.63, 3.8) is 0 Å². The molecule has 7 heteroatoms. The van der Waals surface area contributed by atoms with Crippen LogP contribution in [0.5, 0.6) is 0 Å². The summed E-state index contributed by atoms with van der Waals surface area (Å²) in [4.78, 5) is 17.1. The highest BCUT2D eigenvalue weighted by Gasteiger charge is 2.08. The molecular formula is C26H19N7. The Labute approximate surface area is 189 Å². The molecule has 4 heterocycles. The van der Waals surface area contributed by atoms with E-state index in [9.17, 15) is 0 Å². The van der Waals surface area contributed by atoms with Crippen molar-refractivity contribution in [2.45, 2.75) is 0 Å². The van der Waals surface area contributed by atoms with Crippen molar-refractivity contribution in [2.75, 3.05) is 5.32 Å². The molecule has 0 unspecified atom stereocenters. The molecule has 0 atom stereocenters. The van der Waals surface area contributed by atoms with E-state index in [-0.39, 0.29) is 0 Å². The minimum atomic E-state index is 0.658. The number of H-pyrrole nitrogens is 2. The van der Waals surface area contributed by atoms with E-state index in [0.29, 0.717) is 5.82 Å². The van der Waals surface area contributed by atoms with E-state index >= 15 is 0 Å². The molecule has 0 amide bonds. The molecule has 33 heavy (non-hydrogen) atoms. The second-order valence-electron chi connectivity index (χ2n) is 7.65. The van der Waals surface area contributed by atoms with Crippen molar-refractivity contribution in [3.05, 3.63) is 97.6 Å². The van der Waals surface area contributed by atoms with Gasteiger partial charge in [0.05, 0.1) is 17.6 Å². The first-order chi connectivity index (χ1) is 16.3. The number of aromatic nitrogens is 6. The molecule has 0 bridgehead atoms. The van der Waals surface area contributed by atoms with Gasteiger partial charge in [-0.2, -0.15) is 5.10 Å². The zero-order valence-corrected chi connectivity index (χ0v) is 17.5. The molecule has 158 valence electrons. The van der Waals surface area contributed by atoms with Crippen molar-refractivity contribution in [3.8, 4) is 33.9 Å².